The topological polar surface area (TPSA) is 127 Å². The molecule has 35 heavy (non-hydrogen) atoms. The maximum absolute atomic E-state index is 12.7. The molecule has 1 amide bonds. The molecule has 1 aliphatic rings. The molecule has 0 spiro atoms. The van der Waals surface area contributed by atoms with Crippen LogP contribution in [0.5, 0.6) is 0 Å². The minimum atomic E-state index is -0.488. The number of aromatic nitrogens is 3. The second kappa shape index (κ2) is 11.2. The van der Waals surface area contributed by atoms with Gasteiger partial charge in [0.15, 0.2) is 5.13 Å². The predicted molar refractivity (Wildman–Crippen MR) is 133 cm³/mol. The van der Waals surface area contributed by atoms with Crippen molar-refractivity contribution < 1.29 is 19.1 Å². The van der Waals surface area contributed by atoms with E-state index < -0.39 is 5.97 Å². The number of nitrogens with one attached hydrogen (secondary N) is 2. The van der Waals surface area contributed by atoms with Gasteiger partial charge in [-0.05, 0) is 20.3 Å². The summed E-state index contributed by atoms with van der Waals surface area (Å²) in [7, 11) is 0. The first-order valence-corrected chi connectivity index (χ1v) is 12.2. The molecule has 0 unspecified atom stereocenters. The van der Waals surface area contributed by atoms with E-state index >= 15 is 0 Å². The van der Waals surface area contributed by atoms with Crippen molar-refractivity contribution in [1.82, 2.24) is 15.0 Å². The van der Waals surface area contributed by atoms with Crippen molar-refractivity contribution in [3.8, 4) is 11.3 Å². The van der Waals surface area contributed by atoms with Crippen molar-refractivity contribution >= 4 is 34.3 Å². The largest absolute Gasteiger partial charge is 0.462 e. The van der Waals surface area contributed by atoms with E-state index in [4.69, 9.17) is 9.47 Å². The van der Waals surface area contributed by atoms with Gasteiger partial charge in [-0.25, -0.2) is 14.8 Å². The van der Waals surface area contributed by atoms with E-state index in [1.807, 2.05) is 35.2 Å². The van der Waals surface area contributed by atoms with Gasteiger partial charge in [-0.1, -0.05) is 41.7 Å². The lowest BCUT2D eigenvalue weighted by molar-refractivity contribution is -0.116. The van der Waals surface area contributed by atoms with Gasteiger partial charge < -0.3 is 19.7 Å². The summed E-state index contributed by atoms with van der Waals surface area (Å²) in [5.74, 6) is -0.283. The van der Waals surface area contributed by atoms with Crippen LogP contribution in [0, 0.1) is 6.92 Å². The third-order valence-electron chi connectivity index (χ3n) is 5.50. The monoisotopic (exact) mass is 497 g/mol. The lowest BCUT2D eigenvalue weighted by atomic mass is 10.1. The van der Waals surface area contributed by atoms with Gasteiger partial charge in [0.1, 0.15) is 4.88 Å². The molecule has 3 aromatic rings. The second-order valence-corrected chi connectivity index (χ2v) is 8.88. The van der Waals surface area contributed by atoms with E-state index in [0.29, 0.717) is 59.2 Å². The molecule has 1 saturated heterocycles. The number of amides is 1. The van der Waals surface area contributed by atoms with Gasteiger partial charge >= 0.3 is 5.97 Å². The molecule has 1 aliphatic heterocycles. The standard InChI is InChI=1S/C24H27N5O5S/c1-3-34-22(32)20-19(16-7-5-4-6-8-16)27-24(35-20)26-18(30)10-9-17-15(2)25-23(28-21(17)31)29-11-13-33-14-12-29/h4-8H,3,9-14H2,1-2H3,(H,25,28,31)(H,26,27,30). The van der Waals surface area contributed by atoms with Crippen molar-refractivity contribution in [2.75, 3.05) is 43.1 Å². The fourth-order valence-electron chi connectivity index (χ4n) is 3.74. The third kappa shape index (κ3) is 5.92. The number of nitrogens with zero attached hydrogens (tertiary/aromatic N) is 3. The highest BCUT2D eigenvalue weighted by molar-refractivity contribution is 7.18. The van der Waals surface area contributed by atoms with Crippen molar-refractivity contribution in [1.29, 1.82) is 0 Å². The zero-order valence-corrected chi connectivity index (χ0v) is 20.4. The summed E-state index contributed by atoms with van der Waals surface area (Å²) in [4.78, 5) is 51.9. The van der Waals surface area contributed by atoms with Crippen molar-refractivity contribution in [2.45, 2.75) is 26.7 Å². The summed E-state index contributed by atoms with van der Waals surface area (Å²) >= 11 is 1.06. The molecule has 0 radical (unpaired) electrons. The third-order valence-corrected chi connectivity index (χ3v) is 6.45. The zero-order valence-electron chi connectivity index (χ0n) is 19.6. The minimum Gasteiger partial charge on any atom is -0.462 e. The summed E-state index contributed by atoms with van der Waals surface area (Å²) in [6.07, 6.45) is 0.294. The van der Waals surface area contributed by atoms with Crippen LogP contribution < -0.4 is 15.8 Å². The first-order chi connectivity index (χ1) is 17.0. The van der Waals surface area contributed by atoms with Gasteiger partial charge in [-0.2, -0.15) is 0 Å². The van der Waals surface area contributed by atoms with Crippen LogP contribution in [0.3, 0.4) is 0 Å². The maximum Gasteiger partial charge on any atom is 0.350 e. The average Bonchev–Trinajstić information content (AvgIpc) is 3.28. The van der Waals surface area contributed by atoms with E-state index in [2.05, 4.69) is 20.3 Å². The number of benzene rings is 1. The van der Waals surface area contributed by atoms with Crippen LogP contribution in [0.25, 0.3) is 11.3 Å². The predicted octanol–water partition coefficient (Wildman–Crippen LogP) is 2.79. The van der Waals surface area contributed by atoms with Crippen LogP contribution in [0.4, 0.5) is 11.1 Å². The molecule has 10 nitrogen and oxygen atoms in total. The molecule has 0 bridgehead atoms. The van der Waals surface area contributed by atoms with Gasteiger partial charge in [0.2, 0.25) is 11.9 Å². The normalized spacial score (nSPS) is 13.5. The van der Waals surface area contributed by atoms with Gasteiger partial charge in [-0.15, -0.1) is 0 Å². The molecule has 2 N–H and O–H groups in total. The number of aryl methyl sites for hydroxylation is 1. The highest BCUT2D eigenvalue weighted by Crippen LogP contribution is 2.32. The molecule has 1 fully saturated rings. The number of rotatable bonds is 8. The molecule has 4 rings (SSSR count). The summed E-state index contributed by atoms with van der Waals surface area (Å²) in [6, 6.07) is 9.24. The number of thiazole rings is 1. The van der Waals surface area contributed by atoms with Crippen molar-refractivity contribution in [2.24, 2.45) is 0 Å². The van der Waals surface area contributed by atoms with Crippen molar-refractivity contribution in [3.63, 3.8) is 0 Å². The van der Waals surface area contributed by atoms with Crippen LogP contribution in [-0.2, 0) is 20.7 Å². The average molecular weight is 498 g/mol. The summed E-state index contributed by atoms with van der Waals surface area (Å²) < 4.78 is 10.5. The van der Waals surface area contributed by atoms with Crippen LogP contribution in [0.2, 0.25) is 0 Å². The molecule has 11 heteroatoms. The maximum atomic E-state index is 12.7. The number of hydrogen-bond acceptors (Lipinski definition) is 9. The highest BCUT2D eigenvalue weighted by atomic mass is 32.1. The lowest BCUT2D eigenvalue weighted by Gasteiger charge is -2.27. The zero-order chi connectivity index (χ0) is 24.8. The van der Waals surface area contributed by atoms with E-state index in [0.717, 1.165) is 16.9 Å². The molecule has 2 aromatic heterocycles. The highest BCUT2D eigenvalue weighted by Gasteiger charge is 2.22. The molecule has 0 aliphatic carbocycles. The Morgan fingerprint density at radius 3 is 2.63 bits per heavy atom. The smallest absolute Gasteiger partial charge is 0.350 e. The number of morpholine rings is 1. The fraction of sp³-hybridized carbons (Fsp3) is 0.375. The molecular weight excluding hydrogens is 470 g/mol. The Morgan fingerprint density at radius 1 is 1.20 bits per heavy atom. The number of aromatic amines is 1. The van der Waals surface area contributed by atoms with Gasteiger partial charge in [0.05, 0.1) is 25.5 Å². The molecule has 0 atom stereocenters. The number of H-pyrrole nitrogens is 1. The molecular formula is C24H27N5O5S. The Morgan fingerprint density at radius 2 is 1.94 bits per heavy atom. The molecule has 1 aromatic carbocycles. The Labute approximate surface area is 206 Å². The Balaban J connectivity index is 1.45. The summed E-state index contributed by atoms with van der Waals surface area (Å²) in [5.41, 5.74) is 2.01. The van der Waals surface area contributed by atoms with E-state index in [1.54, 1.807) is 13.8 Å². The number of hydrogen-bond donors (Lipinski definition) is 2. The van der Waals surface area contributed by atoms with E-state index in [1.165, 1.54) is 0 Å². The van der Waals surface area contributed by atoms with Crippen LogP contribution in [0.15, 0.2) is 35.1 Å². The van der Waals surface area contributed by atoms with Gasteiger partial charge in [0.25, 0.3) is 5.56 Å². The number of ether oxygens (including phenoxy) is 2. The Bertz CT molecular complexity index is 1250. The number of carbonyl (C=O) groups excluding carboxylic acids is 2. The first kappa shape index (κ1) is 24.6. The molecule has 3 heterocycles. The fourth-order valence-corrected chi connectivity index (χ4v) is 4.63. The van der Waals surface area contributed by atoms with Gasteiger partial charge in [0, 0.05) is 36.3 Å². The van der Waals surface area contributed by atoms with E-state index in [9.17, 15) is 14.4 Å². The SMILES string of the molecule is CCOC(=O)c1sc(NC(=O)CCc2c(C)nc(N3CCOCC3)[nH]c2=O)nc1-c1ccccc1. The van der Waals surface area contributed by atoms with Crippen molar-refractivity contribution in [3.05, 3.63) is 56.8 Å². The lowest BCUT2D eigenvalue weighted by Crippen LogP contribution is -2.38. The Kier molecular flexibility index (Phi) is 7.88. The second-order valence-electron chi connectivity index (χ2n) is 7.88. The first-order valence-electron chi connectivity index (χ1n) is 11.4. The summed E-state index contributed by atoms with van der Waals surface area (Å²) in [6.45, 7) is 6.24. The van der Waals surface area contributed by atoms with Crippen LogP contribution in [0.1, 0.15) is 34.3 Å². The minimum absolute atomic E-state index is 0.0670. The molecule has 184 valence electrons. The number of esters is 1. The van der Waals surface area contributed by atoms with E-state index in [-0.39, 0.29) is 30.9 Å². The van der Waals surface area contributed by atoms with Crippen LogP contribution in [-0.4, -0.2) is 59.7 Å². The molecule has 0 saturated carbocycles. The summed E-state index contributed by atoms with van der Waals surface area (Å²) in [5, 5.41) is 3.04. The Hall–Kier alpha value is -3.57. The number of anilines is 2. The van der Waals surface area contributed by atoms with Crippen LogP contribution >= 0.6 is 11.3 Å². The number of carbonyl (C=O) groups is 2. The quantitative estimate of drug-likeness (QED) is 0.455. The van der Waals surface area contributed by atoms with Gasteiger partial charge in [-0.3, -0.25) is 14.6 Å².